The number of benzene rings is 2. The number of aromatic nitrogens is 1. The number of para-hydroxylation sites is 1. The van der Waals surface area contributed by atoms with Crippen molar-refractivity contribution < 1.29 is 4.39 Å². The van der Waals surface area contributed by atoms with E-state index in [0.29, 0.717) is 6.54 Å². The van der Waals surface area contributed by atoms with Crippen LogP contribution in [0, 0.1) is 5.82 Å². The van der Waals surface area contributed by atoms with Gasteiger partial charge < -0.3 is 5.32 Å². The summed E-state index contributed by atoms with van der Waals surface area (Å²) in [6.45, 7) is 0.581. The Kier molecular flexibility index (Phi) is 2.94. The first kappa shape index (κ1) is 11.2. The summed E-state index contributed by atoms with van der Waals surface area (Å²) in [5.41, 5.74) is 1.90. The molecule has 1 N–H and O–H groups in total. The van der Waals surface area contributed by atoms with Crippen LogP contribution in [0.5, 0.6) is 0 Å². The Labute approximate surface area is 108 Å². The number of nitrogens with zero attached hydrogens (tertiary/aromatic N) is 1. The second-order valence-corrected chi connectivity index (χ2v) is 5.00. The molecule has 0 radical (unpaired) electrons. The normalized spacial score (nSPS) is 10.7. The number of hydrogen-bond donors (Lipinski definition) is 1. The van der Waals surface area contributed by atoms with E-state index in [0.717, 1.165) is 20.9 Å². The first-order valence-corrected chi connectivity index (χ1v) is 6.47. The highest BCUT2D eigenvalue weighted by Crippen LogP contribution is 2.25. The van der Waals surface area contributed by atoms with Crippen LogP contribution >= 0.6 is 11.3 Å². The fourth-order valence-electron chi connectivity index (χ4n) is 1.77. The van der Waals surface area contributed by atoms with Crippen LogP contribution in [0.15, 0.2) is 48.5 Å². The van der Waals surface area contributed by atoms with Crippen molar-refractivity contribution in [2.24, 2.45) is 0 Å². The lowest BCUT2D eigenvalue weighted by Crippen LogP contribution is -1.98. The van der Waals surface area contributed by atoms with Gasteiger partial charge in [0.2, 0.25) is 0 Å². The van der Waals surface area contributed by atoms with E-state index in [2.05, 4.69) is 10.3 Å². The Morgan fingerprint density at radius 1 is 1.11 bits per heavy atom. The molecular weight excluding hydrogens is 247 g/mol. The summed E-state index contributed by atoms with van der Waals surface area (Å²) >= 11 is 1.60. The van der Waals surface area contributed by atoms with Gasteiger partial charge in [-0.05, 0) is 29.8 Å². The Bertz CT molecular complexity index is 645. The zero-order chi connectivity index (χ0) is 12.4. The van der Waals surface area contributed by atoms with E-state index in [-0.39, 0.29) is 5.82 Å². The molecule has 0 fully saturated rings. The van der Waals surface area contributed by atoms with Crippen LogP contribution < -0.4 is 5.32 Å². The lowest BCUT2D eigenvalue weighted by Gasteiger charge is -2.02. The SMILES string of the molecule is Fc1cccc(CNc2nc3ccccc3s2)c1. The van der Waals surface area contributed by atoms with Gasteiger partial charge in [0.05, 0.1) is 10.2 Å². The van der Waals surface area contributed by atoms with Gasteiger partial charge in [0.1, 0.15) is 5.82 Å². The molecule has 1 aromatic heterocycles. The van der Waals surface area contributed by atoms with E-state index >= 15 is 0 Å². The zero-order valence-electron chi connectivity index (χ0n) is 9.56. The molecule has 0 atom stereocenters. The molecule has 0 amide bonds. The first-order valence-electron chi connectivity index (χ1n) is 5.65. The van der Waals surface area contributed by atoms with Crippen LogP contribution in [0.1, 0.15) is 5.56 Å². The number of thiazole rings is 1. The zero-order valence-corrected chi connectivity index (χ0v) is 10.4. The molecule has 0 bridgehead atoms. The molecule has 0 saturated carbocycles. The van der Waals surface area contributed by atoms with Gasteiger partial charge in [-0.1, -0.05) is 35.6 Å². The smallest absolute Gasteiger partial charge is 0.184 e. The maximum Gasteiger partial charge on any atom is 0.184 e. The van der Waals surface area contributed by atoms with Crippen LogP contribution in [-0.4, -0.2) is 4.98 Å². The lowest BCUT2D eigenvalue weighted by atomic mass is 10.2. The van der Waals surface area contributed by atoms with Crippen molar-refractivity contribution >= 4 is 26.7 Å². The second kappa shape index (κ2) is 4.74. The minimum Gasteiger partial charge on any atom is -0.357 e. The highest BCUT2D eigenvalue weighted by atomic mass is 32.1. The lowest BCUT2D eigenvalue weighted by molar-refractivity contribution is 0.626. The predicted octanol–water partition coefficient (Wildman–Crippen LogP) is 4.05. The highest BCUT2D eigenvalue weighted by molar-refractivity contribution is 7.22. The Hall–Kier alpha value is -1.94. The third kappa shape index (κ3) is 2.33. The molecule has 18 heavy (non-hydrogen) atoms. The fourth-order valence-corrected chi connectivity index (χ4v) is 2.63. The largest absolute Gasteiger partial charge is 0.357 e. The van der Waals surface area contributed by atoms with Gasteiger partial charge in [-0.3, -0.25) is 0 Å². The van der Waals surface area contributed by atoms with E-state index < -0.39 is 0 Å². The van der Waals surface area contributed by atoms with E-state index in [9.17, 15) is 4.39 Å². The van der Waals surface area contributed by atoms with E-state index in [1.165, 1.54) is 12.1 Å². The molecule has 0 unspecified atom stereocenters. The number of halogens is 1. The Balaban J connectivity index is 1.76. The molecule has 0 aliphatic carbocycles. The monoisotopic (exact) mass is 258 g/mol. The molecule has 2 aromatic carbocycles. The second-order valence-electron chi connectivity index (χ2n) is 3.97. The summed E-state index contributed by atoms with van der Waals surface area (Å²) < 4.78 is 14.2. The molecule has 3 rings (SSSR count). The van der Waals surface area contributed by atoms with Gasteiger partial charge in [-0.25, -0.2) is 9.37 Å². The summed E-state index contributed by atoms with van der Waals surface area (Å²) in [5, 5.41) is 4.08. The summed E-state index contributed by atoms with van der Waals surface area (Å²) in [6.07, 6.45) is 0. The van der Waals surface area contributed by atoms with Crippen molar-refractivity contribution in [2.45, 2.75) is 6.54 Å². The van der Waals surface area contributed by atoms with Crippen LogP contribution in [0.3, 0.4) is 0 Å². The van der Waals surface area contributed by atoms with Crippen molar-refractivity contribution in [3.63, 3.8) is 0 Å². The quantitative estimate of drug-likeness (QED) is 0.766. The topological polar surface area (TPSA) is 24.9 Å². The third-order valence-electron chi connectivity index (χ3n) is 2.63. The summed E-state index contributed by atoms with van der Waals surface area (Å²) in [7, 11) is 0. The number of hydrogen-bond acceptors (Lipinski definition) is 3. The van der Waals surface area contributed by atoms with Crippen LogP contribution in [0.25, 0.3) is 10.2 Å². The maximum atomic E-state index is 13.0. The molecule has 3 aromatic rings. The van der Waals surface area contributed by atoms with Crippen molar-refractivity contribution in [3.05, 3.63) is 59.9 Å². The van der Waals surface area contributed by atoms with Crippen molar-refractivity contribution in [2.75, 3.05) is 5.32 Å². The number of anilines is 1. The van der Waals surface area contributed by atoms with Crippen molar-refractivity contribution in [1.82, 2.24) is 4.98 Å². The van der Waals surface area contributed by atoms with Gasteiger partial charge in [-0.2, -0.15) is 0 Å². The van der Waals surface area contributed by atoms with Crippen LogP contribution in [0.4, 0.5) is 9.52 Å². The van der Waals surface area contributed by atoms with Crippen LogP contribution in [0.2, 0.25) is 0 Å². The fraction of sp³-hybridized carbons (Fsp3) is 0.0714. The highest BCUT2D eigenvalue weighted by Gasteiger charge is 2.02. The summed E-state index contributed by atoms with van der Waals surface area (Å²) in [5.74, 6) is -0.210. The third-order valence-corrected chi connectivity index (χ3v) is 3.62. The predicted molar refractivity (Wildman–Crippen MR) is 73.3 cm³/mol. The molecule has 0 aliphatic rings. The standard InChI is InChI=1S/C14H11FN2S/c15-11-5-3-4-10(8-11)9-16-14-17-12-6-1-2-7-13(12)18-14/h1-8H,9H2,(H,16,17). The van der Waals surface area contributed by atoms with Gasteiger partial charge in [-0.15, -0.1) is 0 Å². The Morgan fingerprint density at radius 3 is 2.83 bits per heavy atom. The van der Waals surface area contributed by atoms with E-state index in [1.807, 2.05) is 30.3 Å². The van der Waals surface area contributed by atoms with Crippen LogP contribution in [-0.2, 0) is 6.54 Å². The molecular formula is C14H11FN2S. The van der Waals surface area contributed by atoms with E-state index in [4.69, 9.17) is 0 Å². The molecule has 0 saturated heterocycles. The maximum absolute atomic E-state index is 13.0. The molecule has 1 heterocycles. The summed E-state index contributed by atoms with van der Waals surface area (Å²) in [4.78, 5) is 4.46. The molecule has 2 nitrogen and oxygen atoms in total. The minimum absolute atomic E-state index is 0.210. The van der Waals surface area contributed by atoms with Crippen molar-refractivity contribution in [3.8, 4) is 0 Å². The minimum atomic E-state index is -0.210. The van der Waals surface area contributed by atoms with Gasteiger partial charge in [0, 0.05) is 6.54 Å². The first-order chi connectivity index (χ1) is 8.81. The van der Waals surface area contributed by atoms with E-state index in [1.54, 1.807) is 17.4 Å². The molecule has 4 heteroatoms. The average Bonchev–Trinajstić information content (AvgIpc) is 2.79. The number of rotatable bonds is 3. The Morgan fingerprint density at radius 2 is 2.00 bits per heavy atom. The van der Waals surface area contributed by atoms with Gasteiger partial charge in [0.25, 0.3) is 0 Å². The van der Waals surface area contributed by atoms with Crippen molar-refractivity contribution in [1.29, 1.82) is 0 Å². The molecule has 0 spiro atoms. The van der Waals surface area contributed by atoms with Gasteiger partial charge in [0.15, 0.2) is 5.13 Å². The van der Waals surface area contributed by atoms with Gasteiger partial charge >= 0.3 is 0 Å². The average molecular weight is 258 g/mol. The molecule has 0 aliphatic heterocycles. The summed E-state index contributed by atoms with van der Waals surface area (Å²) in [6, 6.07) is 14.6. The molecule has 90 valence electrons. The number of nitrogens with one attached hydrogen (secondary N) is 1. The number of fused-ring (bicyclic) bond motifs is 1.